The standard InChI is InChI=1S/C21H16N4O5/c1-12-4-3-5-14(8-12)29-21-24-19-18(23-17(26)11-28-19)20(25-21)30-16-9-13(10-22)6-7-15(16)27-2/h3-9H,11H2,1-2H3,(H,23,26). The molecule has 0 aliphatic carbocycles. The first-order valence-corrected chi connectivity index (χ1v) is 8.91. The van der Waals surface area contributed by atoms with Gasteiger partial charge in [-0.25, -0.2) is 0 Å². The highest BCUT2D eigenvalue weighted by Gasteiger charge is 2.26. The quantitative estimate of drug-likeness (QED) is 0.686. The van der Waals surface area contributed by atoms with Crippen LogP contribution in [0.3, 0.4) is 0 Å². The predicted molar refractivity (Wildman–Crippen MR) is 105 cm³/mol. The molecule has 9 heteroatoms. The van der Waals surface area contributed by atoms with Crippen molar-refractivity contribution in [2.45, 2.75) is 6.92 Å². The SMILES string of the molecule is COc1ccc(C#N)cc1Oc1nc(Oc2cccc(C)c2)nc2c1NC(=O)CO2. The van der Waals surface area contributed by atoms with Crippen molar-refractivity contribution in [1.82, 2.24) is 9.97 Å². The van der Waals surface area contributed by atoms with Gasteiger partial charge >= 0.3 is 6.01 Å². The number of nitrogens with one attached hydrogen (secondary N) is 1. The highest BCUT2D eigenvalue weighted by atomic mass is 16.5. The van der Waals surface area contributed by atoms with E-state index in [-0.39, 0.29) is 41.7 Å². The average molecular weight is 404 g/mol. The van der Waals surface area contributed by atoms with Gasteiger partial charge in [-0.1, -0.05) is 12.1 Å². The molecule has 1 aliphatic heterocycles. The Bertz CT molecular complexity index is 1170. The number of nitrogens with zero attached hydrogens (tertiary/aromatic N) is 3. The normalized spacial score (nSPS) is 12.1. The number of fused-ring (bicyclic) bond motifs is 1. The molecule has 1 N–H and O–H groups in total. The zero-order valence-electron chi connectivity index (χ0n) is 16.1. The molecule has 1 aromatic heterocycles. The largest absolute Gasteiger partial charge is 0.493 e. The number of rotatable bonds is 5. The zero-order chi connectivity index (χ0) is 21.1. The van der Waals surface area contributed by atoms with Crippen molar-refractivity contribution in [2.75, 3.05) is 19.0 Å². The van der Waals surface area contributed by atoms with Crippen molar-refractivity contribution in [1.29, 1.82) is 5.26 Å². The van der Waals surface area contributed by atoms with Crippen LogP contribution in [0.2, 0.25) is 0 Å². The molecule has 0 fully saturated rings. The lowest BCUT2D eigenvalue weighted by atomic mass is 10.2. The third-order valence-corrected chi connectivity index (χ3v) is 4.12. The van der Waals surface area contributed by atoms with Crippen molar-refractivity contribution >= 4 is 11.6 Å². The lowest BCUT2D eigenvalue weighted by Gasteiger charge is -2.20. The second-order valence-corrected chi connectivity index (χ2v) is 6.33. The molecular formula is C21H16N4O5. The third-order valence-electron chi connectivity index (χ3n) is 4.12. The molecule has 1 amide bonds. The summed E-state index contributed by atoms with van der Waals surface area (Å²) in [6.45, 7) is 1.74. The lowest BCUT2D eigenvalue weighted by Crippen LogP contribution is -2.26. The maximum Gasteiger partial charge on any atom is 0.328 e. The Kier molecular flexibility index (Phi) is 5.05. The van der Waals surface area contributed by atoms with Gasteiger partial charge in [-0.2, -0.15) is 15.2 Å². The first-order chi connectivity index (χ1) is 14.6. The fraction of sp³-hybridized carbons (Fsp3) is 0.143. The number of hydrogen-bond acceptors (Lipinski definition) is 8. The number of benzene rings is 2. The van der Waals surface area contributed by atoms with E-state index in [4.69, 9.17) is 18.9 Å². The van der Waals surface area contributed by atoms with Crippen LogP contribution in [0.25, 0.3) is 0 Å². The topological polar surface area (TPSA) is 116 Å². The van der Waals surface area contributed by atoms with E-state index in [1.54, 1.807) is 18.2 Å². The summed E-state index contributed by atoms with van der Waals surface area (Å²) in [5.41, 5.74) is 1.53. The number of hydrogen-bond donors (Lipinski definition) is 1. The number of aromatic nitrogens is 2. The van der Waals surface area contributed by atoms with Crippen LogP contribution in [0.5, 0.6) is 35.0 Å². The van der Waals surface area contributed by atoms with E-state index >= 15 is 0 Å². The number of carbonyl (C=O) groups excluding carboxylic acids is 1. The first kappa shape index (κ1) is 19.0. The predicted octanol–water partition coefficient (Wildman–Crippen LogP) is 3.58. The summed E-state index contributed by atoms with van der Waals surface area (Å²) >= 11 is 0. The van der Waals surface area contributed by atoms with Crippen LogP contribution < -0.4 is 24.3 Å². The van der Waals surface area contributed by atoms with Gasteiger partial charge in [0.2, 0.25) is 5.88 Å². The smallest absolute Gasteiger partial charge is 0.328 e. The van der Waals surface area contributed by atoms with Crippen molar-refractivity contribution in [3.05, 3.63) is 53.6 Å². The van der Waals surface area contributed by atoms with E-state index in [2.05, 4.69) is 15.3 Å². The minimum absolute atomic E-state index is 0.0101. The molecule has 2 heterocycles. The fourth-order valence-corrected chi connectivity index (χ4v) is 2.76. The number of amides is 1. The van der Waals surface area contributed by atoms with Crippen LogP contribution in [0.15, 0.2) is 42.5 Å². The van der Waals surface area contributed by atoms with Crippen LogP contribution in [0.4, 0.5) is 5.69 Å². The molecule has 0 unspecified atom stereocenters. The van der Waals surface area contributed by atoms with E-state index in [9.17, 15) is 10.1 Å². The summed E-state index contributed by atoms with van der Waals surface area (Å²) in [6, 6.07) is 14.1. The molecule has 3 aromatic rings. The molecule has 0 saturated heterocycles. The summed E-state index contributed by atoms with van der Waals surface area (Å²) in [5, 5.41) is 11.8. The number of anilines is 1. The average Bonchev–Trinajstić information content (AvgIpc) is 2.74. The molecule has 0 saturated carbocycles. The van der Waals surface area contributed by atoms with Crippen LogP contribution in [0, 0.1) is 18.3 Å². The van der Waals surface area contributed by atoms with Gasteiger partial charge in [-0.05, 0) is 36.8 Å². The minimum atomic E-state index is -0.374. The zero-order valence-corrected chi connectivity index (χ0v) is 16.1. The second-order valence-electron chi connectivity index (χ2n) is 6.33. The number of nitriles is 1. The van der Waals surface area contributed by atoms with E-state index in [1.165, 1.54) is 13.2 Å². The Hall–Kier alpha value is -4.32. The van der Waals surface area contributed by atoms with Gasteiger partial charge in [0, 0.05) is 6.07 Å². The highest BCUT2D eigenvalue weighted by Crippen LogP contribution is 2.41. The van der Waals surface area contributed by atoms with E-state index in [0.717, 1.165) is 5.56 Å². The van der Waals surface area contributed by atoms with Crippen molar-refractivity contribution < 1.29 is 23.7 Å². The molecule has 0 radical (unpaired) electrons. The molecule has 0 bridgehead atoms. The summed E-state index contributed by atoms with van der Waals surface area (Å²) in [5.74, 6) is 0.872. The van der Waals surface area contributed by atoms with Crippen molar-refractivity contribution in [3.8, 4) is 41.1 Å². The van der Waals surface area contributed by atoms with Gasteiger partial charge in [0.05, 0.1) is 18.7 Å². The van der Waals surface area contributed by atoms with Gasteiger partial charge in [-0.15, -0.1) is 0 Å². The van der Waals surface area contributed by atoms with Gasteiger partial charge in [0.25, 0.3) is 11.8 Å². The van der Waals surface area contributed by atoms with E-state index in [1.807, 2.05) is 31.2 Å². The number of ether oxygens (including phenoxy) is 4. The Balaban J connectivity index is 1.76. The molecule has 0 atom stereocenters. The molecule has 0 spiro atoms. The number of carbonyl (C=O) groups is 1. The molecule has 1 aliphatic rings. The van der Waals surface area contributed by atoms with E-state index in [0.29, 0.717) is 17.1 Å². The molecule has 9 nitrogen and oxygen atoms in total. The molecular weight excluding hydrogens is 388 g/mol. The Morgan fingerprint density at radius 2 is 2.00 bits per heavy atom. The van der Waals surface area contributed by atoms with Crippen LogP contribution in [0.1, 0.15) is 11.1 Å². The van der Waals surface area contributed by atoms with Crippen LogP contribution >= 0.6 is 0 Å². The number of methoxy groups -OCH3 is 1. The molecule has 4 rings (SSSR count). The maximum absolute atomic E-state index is 11.8. The summed E-state index contributed by atoms with van der Waals surface area (Å²) in [4.78, 5) is 20.3. The van der Waals surface area contributed by atoms with Crippen molar-refractivity contribution in [3.63, 3.8) is 0 Å². The van der Waals surface area contributed by atoms with Gasteiger partial charge in [-0.3, -0.25) is 4.79 Å². The number of aryl methyl sites for hydroxylation is 1. The minimum Gasteiger partial charge on any atom is -0.493 e. The molecule has 30 heavy (non-hydrogen) atoms. The fourth-order valence-electron chi connectivity index (χ4n) is 2.76. The third kappa shape index (κ3) is 3.93. The molecule has 2 aromatic carbocycles. The Morgan fingerprint density at radius 1 is 1.13 bits per heavy atom. The highest BCUT2D eigenvalue weighted by molar-refractivity contribution is 5.96. The Morgan fingerprint density at radius 3 is 2.77 bits per heavy atom. The van der Waals surface area contributed by atoms with Crippen LogP contribution in [-0.2, 0) is 4.79 Å². The first-order valence-electron chi connectivity index (χ1n) is 8.91. The summed E-state index contributed by atoms with van der Waals surface area (Å²) < 4.78 is 22.3. The van der Waals surface area contributed by atoms with Gasteiger partial charge in [0.15, 0.2) is 23.8 Å². The van der Waals surface area contributed by atoms with E-state index < -0.39 is 0 Å². The summed E-state index contributed by atoms with van der Waals surface area (Å²) in [6.07, 6.45) is 0. The maximum atomic E-state index is 11.8. The summed E-state index contributed by atoms with van der Waals surface area (Å²) in [7, 11) is 1.47. The second kappa shape index (κ2) is 7.97. The monoisotopic (exact) mass is 404 g/mol. The van der Waals surface area contributed by atoms with Crippen LogP contribution in [-0.4, -0.2) is 29.6 Å². The lowest BCUT2D eigenvalue weighted by molar-refractivity contribution is -0.118. The van der Waals surface area contributed by atoms with Crippen molar-refractivity contribution in [2.24, 2.45) is 0 Å². The van der Waals surface area contributed by atoms with Gasteiger partial charge in [0.1, 0.15) is 5.75 Å². The Labute approximate surface area is 171 Å². The molecule has 150 valence electrons. The van der Waals surface area contributed by atoms with Gasteiger partial charge < -0.3 is 24.3 Å².